The zero-order chi connectivity index (χ0) is 18.8. The molecule has 1 N–H and O–H groups in total. The Labute approximate surface area is 157 Å². The number of aromatic nitrogens is 4. The van der Waals surface area contributed by atoms with E-state index in [-0.39, 0.29) is 5.91 Å². The first-order valence-electron chi connectivity index (χ1n) is 9.08. The van der Waals surface area contributed by atoms with Crippen LogP contribution in [0.25, 0.3) is 11.0 Å². The summed E-state index contributed by atoms with van der Waals surface area (Å²) in [6.07, 6.45) is 3.11. The second-order valence-electron chi connectivity index (χ2n) is 6.43. The number of morpholine rings is 1. The standard InChI is InChI=1S/C19H22N6O2/c1-3-25-13(2)22-16-10-15(4-5-17(16)25)23-18(26)14-11-20-19(21-12-14)24-6-8-27-9-7-24/h4-5,10-12H,3,6-9H2,1-2H3,(H,23,26). The number of nitrogens with one attached hydrogen (secondary N) is 1. The van der Waals surface area contributed by atoms with Crippen molar-refractivity contribution in [3.8, 4) is 0 Å². The van der Waals surface area contributed by atoms with E-state index in [2.05, 4.69) is 31.8 Å². The zero-order valence-corrected chi connectivity index (χ0v) is 15.5. The Balaban J connectivity index is 1.49. The van der Waals surface area contributed by atoms with Crippen molar-refractivity contribution in [3.05, 3.63) is 42.0 Å². The van der Waals surface area contributed by atoms with E-state index in [4.69, 9.17) is 4.74 Å². The third-order valence-corrected chi connectivity index (χ3v) is 4.71. The summed E-state index contributed by atoms with van der Waals surface area (Å²) in [7, 11) is 0. The Hall–Kier alpha value is -3.00. The van der Waals surface area contributed by atoms with E-state index in [1.165, 1.54) is 0 Å². The SMILES string of the molecule is CCn1c(C)nc2cc(NC(=O)c3cnc(N4CCOCC4)nc3)ccc21. The van der Waals surface area contributed by atoms with Crippen molar-refractivity contribution >= 4 is 28.6 Å². The molecular formula is C19H22N6O2. The predicted molar refractivity (Wildman–Crippen MR) is 103 cm³/mol. The van der Waals surface area contributed by atoms with Crippen molar-refractivity contribution in [1.29, 1.82) is 0 Å². The summed E-state index contributed by atoms with van der Waals surface area (Å²) in [5, 5.41) is 2.89. The van der Waals surface area contributed by atoms with Crippen LogP contribution >= 0.6 is 0 Å². The molecule has 1 aliphatic heterocycles. The van der Waals surface area contributed by atoms with Crippen LogP contribution in [-0.2, 0) is 11.3 Å². The van der Waals surface area contributed by atoms with Crippen molar-refractivity contribution in [2.75, 3.05) is 36.5 Å². The van der Waals surface area contributed by atoms with Crippen LogP contribution in [0.4, 0.5) is 11.6 Å². The molecule has 140 valence electrons. The van der Waals surface area contributed by atoms with E-state index in [1.54, 1.807) is 12.4 Å². The molecule has 3 heterocycles. The minimum absolute atomic E-state index is 0.241. The Morgan fingerprint density at radius 1 is 1.22 bits per heavy atom. The van der Waals surface area contributed by atoms with Gasteiger partial charge in [-0.25, -0.2) is 15.0 Å². The average Bonchev–Trinajstić information content (AvgIpc) is 3.03. The van der Waals surface area contributed by atoms with E-state index in [1.807, 2.05) is 30.0 Å². The van der Waals surface area contributed by atoms with E-state index in [9.17, 15) is 4.79 Å². The molecule has 4 rings (SSSR count). The van der Waals surface area contributed by atoms with E-state index < -0.39 is 0 Å². The molecule has 0 radical (unpaired) electrons. The average molecular weight is 366 g/mol. The van der Waals surface area contributed by atoms with Crippen molar-refractivity contribution in [3.63, 3.8) is 0 Å². The topological polar surface area (TPSA) is 85.2 Å². The summed E-state index contributed by atoms with van der Waals surface area (Å²) < 4.78 is 7.47. The fourth-order valence-corrected chi connectivity index (χ4v) is 3.30. The van der Waals surface area contributed by atoms with E-state index in [0.717, 1.165) is 36.5 Å². The maximum Gasteiger partial charge on any atom is 0.258 e. The Morgan fingerprint density at radius 3 is 2.67 bits per heavy atom. The largest absolute Gasteiger partial charge is 0.378 e. The molecule has 8 nitrogen and oxygen atoms in total. The lowest BCUT2D eigenvalue weighted by Gasteiger charge is -2.26. The van der Waals surface area contributed by atoms with Gasteiger partial charge in [-0.1, -0.05) is 0 Å². The summed E-state index contributed by atoms with van der Waals surface area (Å²) in [6, 6.07) is 5.75. The van der Waals surface area contributed by atoms with Crippen molar-refractivity contribution in [2.24, 2.45) is 0 Å². The van der Waals surface area contributed by atoms with Crippen LogP contribution in [0.15, 0.2) is 30.6 Å². The summed E-state index contributed by atoms with van der Waals surface area (Å²) in [4.78, 5) is 27.8. The van der Waals surface area contributed by atoms with Crippen LogP contribution in [0.1, 0.15) is 23.1 Å². The van der Waals surface area contributed by atoms with Gasteiger partial charge in [0, 0.05) is 37.7 Å². The third-order valence-electron chi connectivity index (χ3n) is 4.71. The second kappa shape index (κ2) is 7.32. The molecular weight excluding hydrogens is 344 g/mol. The van der Waals surface area contributed by atoms with Crippen LogP contribution < -0.4 is 10.2 Å². The highest BCUT2D eigenvalue weighted by Crippen LogP contribution is 2.21. The number of fused-ring (bicyclic) bond motifs is 1. The second-order valence-corrected chi connectivity index (χ2v) is 6.43. The summed E-state index contributed by atoms with van der Waals surface area (Å²) in [5.74, 6) is 1.34. The monoisotopic (exact) mass is 366 g/mol. The smallest absolute Gasteiger partial charge is 0.258 e. The fourth-order valence-electron chi connectivity index (χ4n) is 3.30. The van der Waals surface area contributed by atoms with Gasteiger partial charge in [0.25, 0.3) is 5.91 Å². The lowest BCUT2D eigenvalue weighted by atomic mass is 10.2. The number of amides is 1. The van der Waals surface area contributed by atoms with Gasteiger partial charge in [0.1, 0.15) is 5.82 Å². The molecule has 3 aromatic rings. The maximum atomic E-state index is 12.5. The number of benzene rings is 1. The number of anilines is 2. The molecule has 0 aliphatic carbocycles. The first kappa shape index (κ1) is 17.4. The molecule has 1 saturated heterocycles. The van der Waals surface area contributed by atoms with Gasteiger partial charge >= 0.3 is 0 Å². The van der Waals surface area contributed by atoms with E-state index >= 15 is 0 Å². The predicted octanol–water partition coefficient (Wildman–Crippen LogP) is 2.24. The number of nitrogens with zero attached hydrogens (tertiary/aromatic N) is 5. The van der Waals surface area contributed by atoms with Crippen LogP contribution in [0.5, 0.6) is 0 Å². The number of carbonyl (C=O) groups excluding carboxylic acids is 1. The van der Waals surface area contributed by atoms with Gasteiger partial charge in [0.2, 0.25) is 5.95 Å². The van der Waals surface area contributed by atoms with Crippen LogP contribution in [0.2, 0.25) is 0 Å². The Bertz CT molecular complexity index is 960. The van der Waals surface area contributed by atoms with Gasteiger partial charge in [0.05, 0.1) is 29.8 Å². The molecule has 1 fully saturated rings. The van der Waals surface area contributed by atoms with Gasteiger partial charge in [-0.3, -0.25) is 4.79 Å². The molecule has 0 spiro atoms. The number of rotatable bonds is 4. The molecule has 0 atom stereocenters. The quantitative estimate of drug-likeness (QED) is 0.762. The minimum atomic E-state index is -0.241. The highest BCUT2D eigenvalue weighted by atomic mass is 16.5. The highest BCUT2D eigenvalue weighted by molar-refractivity contribution is 6.04. The van der Waals surface area contributed by atoms with Crippen molar-refractivity contribution in [2.45, 2.75) is 20.4 Å². The molecule has 0 unspecified atom stereocenters. The maximum absolute atomic E-state index is 12.5. The number of imidazole rings is 1. The van der Waals surface area contributed by atoms with Crippen LogP contribution in [0.3, 0.4) is 0 Å². The van der Waals surface area contributed by atoms with Gasteiger partial charge < -0.3 is 19.5 Å². The van der Waals surface area contributed by atoms with Gasteiger partial charge in [0.15, 0.2) is 0 Å². The molecule has 0 saturated carbocycles. The molecule has 1 aromatic carbocycles. The van der Waals surface area contributed by atoms with Gasteiger partial charge in [-0.2, -0.15) is 0 Å². The lowest BCUT2D eigenvalue weighted by Crippen LogP contribution is -2.37. The molecule has 8 heteroatoms. The van der Waals surface area contributed by atoms with Gasteiger partial charge in [-0.05, 0) is 32.0 Å². The first-order chi connectivity index (χ1) is 13.2. The third kappa shape index (κ3) is 3.48. The lowest BCUT2D eigenvalue weighted by molar-refractivity contribution is 0.102. The summed E-state index contributed by atoms with van der Waals surface area (Å²) in [5.41, 5.74) is 3.05. The Morgan fingerprint density at radius 2 is 1.96 bits per heavy atom. The number of aryl methyl sites for hydroxylation is 2. The van der Waals surface area contributed by atoms with E-state index in [0.29, 0.717) is 30.4 Å². The minimum Gasteiger partial charge on any atom is -0.378 e. The molecule has 1 aliphatic rings. The fraction of sp³-hybridized carbons (Fsp3) is 0.368. The molecule has 2 aromatic heterocycles. The van der Waals surface area contributed by atoms with Gasteiger partial charge in [-0.15, -0.1) is 0 Å². The Kier molecular flexibility index (Phi) is 4.72. The first-order valence-corrected chi connectivity index (χ1v) is 9.08. The summed E-state index contributed by atoms with van der Waals surface area (Å²) >= 11 is 0. The zero-order valence-electron chi connectivity index (χ0n) is 15.5. The number of ether oxygens (including phenoxy) is 1. The number of hydrogen-bond donors (Lipinski definition) is 1. The normalized spacial score (nSPS) is 14.5. The van der Waals surface area contributed by atoms with Crippen molar-refractivity contribution < 1.29 is 9.53 Å². The van der Waals surface area contributed by atoms with Crippen LogP contribution in [0, 0.1) is 6.92 Å². The summed E-state index contributed by atoms with van der Waals surface area (Å²) in [6.45, 7) is 7.79. The molecule has 0 bridgehead atoms. The molecule has 27 heavy (non-hydrogen) atoms. The highest BCUT2D eigenvalue weighted by Gasteiger charge is 2.15. The van der Waals surface area contributed by atoms with Crippen molar-refractivity contribution in [1.82, 2.24) is 19.5 Å². The van der Waals surface area contributed by atoms with Crippen LogP contribution in [-0.4, -0.2) is 51.7 Å². The molecule has 1 amide bonds. The number of hydrogen-bond acceptors (Lipinski definition) is 6. The number of carbonyl (C=O) groups is 1.